The molecule has 24 heavy (non-hydrogen) atoms. The molecule has 1 aromatic carbocycles. The van der Waals surface area contributed by atoms with Crippen molar-refractivity contribution in [1.29, 1.82) is 0 Å². The topological polar surface area (TPSA) is 36.9 Å². The quantitative estimate of drug-likeness (QED) is 0.594. The Hall–Kier alpha value is -1.07. The summed E-state index contributed by atoms with van der Waals surface area (Å²) in [6.07, 6.45) is 3.69. The van der Waals surface area contributed by atoms with Crippen molar-refractivity contribution in [2.45, 2.75) is 31.6 Å². The first-order valence-electron chi connectivity index (χ1n) is 8.96. The van der Waals surface area contributed by atoms with Crippen LogP contribution in [0.3, 0.4) is 0 Å². The molecule has 1 heterocycles. The third-order valence-corrected chi connectivity index (χ3v) is 5.72. The summed E-state index contributed by atoms with van der Waals surface area (Å²) < 4.78 is 6.74. The van der Waals surface area contributed by atoms with E-state index in [1.54, 1.807) is 0 Å². The average Bonchev–Trinajstić information content (AvgIpc) is 3.24. The summed E-state index contributed by atoms with van der Waals surface area (Å²) in [6, 6.07) is 8.73. The average molecular weight is 394 g/mol. The molecular formula is C19H28BrN3O. The van der Waals surface area contributed by atoms with Gasteiger partial charge in [-0.2, -0.15) is 0 Å². The van der Waals surface area contributed by atoms with Crippen LogP contribution >= 0.6 is 15.9 Å². The van der Waals surface area contributed by atoms with Crippen molar-refractivity contribution in [1.82, 2.24) is 10.2 Å². The molecule has 0 spiro atoms. The molecular weight excluding hydrogens is 366 g/mol. The van der Waals surface area contributed by atoms with Gasteiger partial charge in [0.15, 0.2) is 5.96 Å². The maximum absolute atomic E-state index is 5.58. The molecule has 1 aliphatic carbocycles. The van der Waals surface area contributed by atoms with Gasteiger partial charge in [-0.05, 0) is 43.9 Å². The van der Waals surface area contributed by atoms with Gasteiger partial charge in [0.2, 0.25) is 0 Å². The Kier molecular flexibility index (Phi) is 5.82. The van der Waals surface area contributed by atoms with Gasteiger partial charge in [0.05, 0.1) is 6.61 Å². The van der Waals surface area contributed by atoms with E-state index < -0.39 is 0 Å². The lowest BCUT2D eigenvalue weighted by atomic mass is 9.96. The van der Waals surface area contributed by atoms with Crippen molar-refractivity contribution in [3.05, 3.63) is 34.3 Å². The van der Waals surface area contributed by atoms with E-state index in [4.69, 9.17) is 4.74 Å². The monoisotopic (exact) mass is 393 g/mol. The summed E-state index contributed by atoms with van der Waals surface area (Å²) in [4.78, 5) is 6.88. The molecule has 3 rings (SSSR count). The number of nitrogens with one attached hydrogen (secondary N) is 1. The summed E-state index contributed by atoms with van der Waals surface area (Å²) in [6.45, 7) is 6.81. The minimum atomic E-state index is 0.282. The van der Waals surface area contributed by atoms with E-state index in [2.05, 4.69) is 62.3 Å². The highest BCUT2D eigenvalue weighted by Gasteiger charge is 2.44. The third-order valence-electron chi connectivity index (χ3n) is 5.23. The fraction of sp³-hybridized carbons (Fsp3) is 0.632. The van der Waals surface area contributed by atoms with Gasteiger partial charge in [0.1, 0.15) is 0 Å². The van der Waals surface area contributed by atoms with E-state index in [0.29, 0.717) is 5.92 Å². The van der Waals surface area contributed by atoms with Gasteiger partial charge in [0.25, 0.3) is 0 Å². The fourth-order valence-electron chi connectivity index (χ4n) is 3.56. The van der Waals surface area contributed by atoms with Crippen LogP contribution in [-0.4, -0.2) is 50.8 Å². The van der Waals surface area contributed by atoms with Crippen LogP contribution in [0.1, 0.15) is 31.7 Å². The lowest BCUT2D eigenvalue weighted by Gasteiger charge is -2.25. The number of guanidine groups is 1. The Morgan fingerprint density at radius 1 is 1.46 bits per heavy atom. The summed E-state index contributed by atoms with van der Waals surface area (Å²) in [7, 11) is 1.89. The SMILES string of the molecule is CCOCC1CCN(C(=NC)NCC2(c3cccc(Br)c3)CC2)C1. The highest BCUT2D eigenvalue weighted by molar-refractivity contribution is 9.10. The molecule has 132 valence electrons. The number of nitrogens with zero attached hydrogens (tertiary/aromatic N) is 2. The second-order valence-corrected chi connectivity index (χ2v) is 7.87. The largest absolute Gasteiger partial charge is 0.381 e. The van der Waals surface area contributed by atoms with Crippen LogP contribution in [0, 0.1) is 5.92 Å². The number of hydrogen-bond donors (Lipinski definition) is 1. The number of rotatable bonds is 6. The molecule has 1 saturated heterocycles. The zero-order chi connectivity index (χ0) is 17.0. The molecule has 0 amide bonds. The molecule has 5 heteroatoms. The van der Waals surface area contributed by atoms with Gasteiger partial charge in [0, 0.05) is 49.1 Å². The maximum Gasteiger partial charge on any atom is 0.193 e. The summed E-state index contributed by atoms with van der Waals surface area (Å²) >= 11 is 3.59. The van der Waals surface area contributed by atoms with E-state index in [9.17, 15) is 0 Å². The zero-order valence-corrected chi connectivity index (χ0v) is 16.3. The van der Waals surface area contributed by atoms with Crippen LogP contribution in [0.4, 0.5) is 0 Å². The molecule has 1 aromatic rings. The molecule has 0 radical (unpaired) electrons. The van der Waals surface area contributed by atoms with Crippen LogP contribution in [0.2, 0.25) is 0 Å². The van der Waals surface area contributed by atoms with Crippen molar-refractivity contribution in [3.8, 4) is 0 Å². The van der Waals surface area contributed by atoms with Gasteiger partial charge < -0.3 is 15.0 Å². The predicted octanol–water partition coefficient (Wildman–Crippen LogP) is 3.41. The molecule has 2 fully saturated rings. The first kappa shape index (κ1) is 17.7. The van der Waals surface area contributed by atoms with Crippen molar-refractivity contribution in [2.24, 2.45) is 10.9 Å². The van der Waals surface area contributed by atoms with Crippen LogP contribution in [0.5, 0.6) is 0 Å². The lowest BCUT2D eigenvalue weighted by molar-refractivity contribution is 0.114. The van der Waals surface area contributed by atoms with Gasteiger partial charge in [-0.15, -0.1) is 0 Å². The van der Waals surface area contributed by atoms with Crippen molar-refractivity contribution in [2.75, 3.05) is 39.9 Å². The van der Waals surface area contributed by atoms with E-state index in [0.717, 1.165) is 43.3 Å². The van der Waals surface area contributed by atoms with Gasteiger partial charge in [-0.1, -0.05) is 28.1 Å². The van der Waals surface area contributed by atoms with Crippen molar-refractivity contribution >= 4 is 21.9 Å². The molecule has 1 unspecified atom stereocenters. The van der Waals surface area contributed by atoms with E-state index in [-0.39, 0.29) is 5.41 Å². The minimum Gasteiger partial charge on any atom is -0.381 e. The van der Waals surface area contributed by atoms with Crippen LogP contribution in [0.25, 0.3) is 0 Å². The lowest BCUT2D eigenvalue weighted by Crippen LogP contribution is -2.43. The van der Waals surface area contributed by atoms with Crippen LogP contribution in [-0.2, 0) is 10.2 Å². The highest BCUT2D eigenvalue weighted by atomic mass is 79.9. The van der Waals surface area contributed by atoms with Gasteiger partial charge in [-0.3, -0.25) is 4.99 Å². The normalized spacial score (nSPS) is 22.7. The molecule has 1 N–H and O–H groups in total. The second kappa shape index (κ2) is 7.87. The number of benzene rings is 1. The standard InChI is InChI=1S/C19H28BrN3O/c1-3-24-13-15-7-10-23(12-15)18(21-2)22-14-19(8-9-19)16-5-4-6-17(20)11-16/h4-6,11,15H,3,7-10,12-14H2,1-2H3,(H,21,22). The van der Waals surface area contributed by atoms with Crippen molar-refractivity contribution in [3.63, 3.8) is 0 Å². The Morgan fingerprint density at radius 2 is 2.29 bits per heavy atom. The fourth-order valence-corrected chi connectivity index (χ4v) is 3.96. The minimum absolute atomic E-state index is 0.282. The second-order valence-electron chi connectivity index (χ2n) is 6.95. The molecule has 4 nitrogen and oxygen atoms in total. The zero-order valence-electron chi connectivity index (χ0n) is 14.7. The molecule has 2 aliphatic rings. The Morgan fingerprint density at radius 3 is 2.96 bits per heavy atom. The molecule has 0 aromatic heterocycles. The van der Waals surface area contributed by atoms with Crippen molar-refractivity contribution < 1.29 is 4.74 Å². The number of ether oxygens (including phenoxy) is 1. The van der Waals surface area contributed by atoms with E-state index >= 15 is 0 Å². The van der Waals surface area contributed by atoms with Crippen LogP contribution < -0.4 is 5.32 Å². The maximum atomic E-state index is 5.58. The number of hydrogen-bond acceptors (Lipinski definition) is 2. The summed E-state index contributed by atoms with van der Waals surface area (Å²) in [5.74, 6) is 1.67. The Balaban J connectivity index is 1.55. The van der Waals surface area contributed by atoms with Gasteiger partial charge >= 0.3 is 0 Å². The molecule has 1 saturated carbocycles. The smallest absolute Gasteiger partial charge is 0.193 e. The Bertz CT molecular complexity index is 586. The Labute approximate surface area is 153 Å². The molecule has 1 aliphatic heterocycles. The molecule has 1 atom stereocenters. The summed E-state index contributed by atoms with van der Waals surface area (Å²) in [5.41, 5.74) is 1.71. The first-order chi connectivity index (χ1) is 11.7. The van der Waals surface area contributed by atoms with Gasteiger partial charge in [-0.25, -0.2) is 0 Å². The molecule has 0 bridgehead atoms. The number of aliphatic imine (C=N–C) groups is 1. The number of halogens is 1. The first-order valence-corrected chi connectivity index (χ1v) is 9.75. The van der Waals surface area contributed by atoms with E-state index in [1.165, 1.54) is 24.8 Å². The third kappa shape index (κ3) is 4.12. The van der Waals surface area contributed by atoms with Crippen LogP contribution in [0.15, 0.2) is 33.7 Å². The highest BCUT2D eigenvalue weighted by Crippen LogP contribution is 2.48. The predicted molar refractivity (Wildman–Crippen MR) is 103 cm³/mol. The van der Waals surface area contributed by atoms with E-state index in [1.807, 2.05) is 7.05 Å². The number of likely N-dealkylation sites (tertiary alicyclic amines) is 1. The summed E-state index contributed by atoms with van der Waals surface area (Å²) in [5, 5.41) is 3.63.